The van der Waals surface area contributed by atoms with Gasteiger partial charge in [-0.05, 0) is 55.5 Å². The highest BCUT2D eigenvalue weighted by Crippen LogP contribution is 2.44. The first kappa shape index (κ1) is 26.4. The normalized spacial score (nSPS) is 16.1. The fourth-order valence-electron chi connectivity index (χ4n) is 4.80. The van der Waals surface area contributed by atoms with E-state index in [1.165, 1.54) is 0 Å². The van der Waals surface area contributed by atoms with Crippen LogP contribution in [0.4, 0.5) is 5.69 Å². The van der Waals surface area contributed by atoms with Crippen molar-refractivity contribution in [2.24, 2.45) is 11.3 Å². The molecule has 1 aliphatic carbocycles. The summed E-state index contributed by atoms with van der Waals surface area (Å²) in [7, 11) is 0. The summed E-state index contributed by atoms with van der Waals surface area (Å²) in [5, 5.41) is 12.7. The van der Waals surface area contributed by atoms with Crippen molar-refractivity contribution in [2.45, 2.75) is 70.5 Å². The van der Waals surface area contributed by atoms with E-state index in [0.29, 0.717) is 27.9 Å². The molecule has 0 bridgehead atoms. The smallest absolute Gasteiger partial charge is 0.324 e. The molecule has 0 unspecified atom stereocenters. The number of anilines is 1. The predicted molar refractivity (Wildman–Crippen MR) is 139 cm³/mol. The maximum Gasteiger partial charge on any atom is 0.324 e. The van der Waals surface area contributed by atoms with Crippen LogP contribution < -0.4 is 9.50 Å². The van der Waals surface area contributed by atoms with Crippen molar-refractivity contribution in [3.05, 3.63) is 59.1 Å². The van der Waals surface area contributed by atoms with Crippen molar-refractivity contribution in [3.63, 3.8) is 0 Å². The van der Waals surface area contributed by atoms with Gasteiger partial charge in [-0.25, -0.2) is 0 Å². The molecule has 184 valence electrons. The second-order valence-electron chi connectivity index (χ2n) is 9.12. The third kappa shape index (κ3) is 6.70. The van der Waals surface area contributed by atoms with Crippen LogP contribution in [0.2, 0.25) is 5.02 Å². The number of carbonyl (C=O) groups excluding carboxylic acids is 1. The number of hydrogen-bond acceptors (Lipinski definition) is 4. The Balaban J connectivity index is 1.82. The van der Waals surface area contributed by atoms with E-state index in [1.807, 2.05) is 6.07 Å². The minimum absolute atomic E-state index is 0.0132. The van der Waals surface area contributed by atoms with Crippen LogP contribution in [0.15, 0.2) is 48.5 Å². The van der Waals surface area contributed by atoms with Gasteiger partial charge in [-0.3, -0.25) is 9.59 Å². The summed E-state index contributed by atoms with van der Waals surface area (Å²) in [5.41, 5.74) is 0.644. The number of halogens is 1. The third-order valence-corrected chi connectivity index (χ3v) is 8.09. The molecule has 0 heterocycles. The fraction of sp³-hybridized carbons (Fsp3) is 0.481. The third-order valence-electron chi connectivity index (χ3n) is 6.90. The Morgan fingerprint density at radius 1 is 1.06 bits per heavy atom. The van der Waals surface area contributed by atoms with Crippen LogP contribution in [-0.4, -0.2) is 17.0 Å². The zero-order valence-electron chi connectivity index (χ0n) is 19.9. The number of benzene rings is 2. The topological polar surface area (TPSA) is 75.6 Å². The number of hydrogen-bond donors (Lipinski definition) is 2. The van der Waals surface area contributed by atoms with E-state index in [9.17, 15) is 14.7 Å². The van der Waals surface area contributed by atoms with Gasteiger partial charge in [-0.2, -0.15) is 0 Å². The van der Waals surface area contributed by atoms with Gasteiger partial charge in [-0.15, -0.1) is 0 Å². The summed E-state index contributed by atoms with van der Waals surface area (Å²) in [6, 6.07) is 13.9. The van der Waals surface area contributed by atoms with E-state index in [1.54, 1.807) is 42.5 Å². The molecule has 2 aromatic carbocycles. The molecular formula is C27H34ClNO4S. The molecule has 0 aliphatic heterocycles. The summed E-state index contributed by atoms with van der Waals surface area (Å²) >= 11 is 6.76. The van der Waals surface area contributed by atoms with E-state index < -0.39 is 16.6 Å². The first-order chi connectivity index (χ1) is 16.4. The van der Waals surface area contributed by atoms with Gasteiger partial charge in [0.15, 0.2) is 5.25 Å². The largest absolute Gasteiger partial charge is 0.480 e. The Hall–Kier alpha value is -2.18. The molecule has 0 aromatic heterocycles. The van der Waals surface area contributed by atoms with Gasteiger partial charge < -0.3 is 14.6 Å². The van der Waals surface area contributed by atoms with Crippen LogP contribution in [-0.2, 0) is 9.59 Å². The first-order valence-electron chi connectivity index (χ1n) is 12.1. The van der Waals surface area contributed by atoms with Crippen molar-refractivity contribution in [1.29, 1.82) is 0 Å². The van der Waals surface area contributed by atoms with E-state index in [4.69, 9.17) is 15.8 Å². The van der Waals surface area contributed by atoms with Gasteiger partial charge in [0.1, 0.15) is 5.75 Å². The molecular weight excluding hydrogens is 470 g/mol. The second-order valence-corrected chi connectivity index (χ2v) is 10.4. The Kier molecular flexibility index (Phi) is 9.72. The zero-order valence-corrected chi connectivity index (χ0v) is 21.5. The second kappa shape index (κ2) is 12.5. The Morgan fingerprint density at radius 2 is 1.71 bits per heavy atom. The van der Waals surface area contributed by atoms with Gasteiger partial charge in [0.25, 0.3) is 0 Å². The van der Waals surface area contributed by atoms with Gasteiger partial charge in [-0.1, -0.05) is 75.8 Å². The number of carboxylic acid groups (broad SMARTS) is 1. The summed E-state index contributed by atoms with van der Waals surface area (Å²) < 4.78 is 5.68. The lowest BCUT2D eigenvalue weighted by atomic mass is 9.67. The number of carboxylic acids is 1. The SMILES string of the molecule is CCC(CC)CC1(C(=O)Nc2ccccc2[C@H](SOc2ccc(Cl)cc2)C(=O)O)CCCCC1. The van der Waals surface area contributed by atoms with E-state index in [0.717, 1.165) is 63.4 Å². The van der Waals surface area contributed by atoms with E-state index in [2.05, 4.69) is 19.2 Å². The molecule has 1 aliphatic rings. The predicted octanol–water partition coefficient (Wildman–Crippen LogP) is 7.91. The number of aliphatic carboxylic acids is 1. The molecule has 7 heteroatoms. The lowest BCUT2D eigenvalue weighted by Crippen LogP contribution is -2.40. The van der Waals surface area contributed by atoms with E-state index >= 15 is 0 Å². The lowest BCUT2D eigenvalue weighted by Gasteiger charge is -2.38. The Morgan fingerprint density at radius 3 is 2.32 bits per heavy atom. The summed E-state index contributed by atoms with van der Waals surface area (Å²) in [4.78, 5) is 25.9. The summed E-state index contributed by atoms with van der Waals surface area (Å²) in [5.74, 6) is -0.00734. The molecule has 0 spiro atoms. The van der Waals surface area contributed by atoms with Crippen molar-refractivity contribution in [3.8, 4) is 5.75 Å². The van der Waals surface area contributed by atoms with Crippen molar-refractivity contribution >= 4 is 41.2 Å². The minimum atomic E-state index is -1.04. The average Bonchev–Trinajstić information content (AvgIpc) is 2.85. The molecule has 1 saturated carbocycles. The van der Waals surface area contributed by atoms with Crippen molar-refractivity contribution in [1.82, 2.24) is 0 Å². The maximum atomic E-state index is 13.7. The molecule has 5 nitrogen and oxygen atoms in total. The molecule has 2 aromatic rings. The average molecular weight is 504 g/mol. The monoisotopic (exact) mass is 503 g/mol. The molecule has 0 radical (unpaired) electrons. The summed E-state index contributed by atoms with van der Waals surface area (Å²) in [6.45, 7) is 4.38. The molecule has 3 rings (SSSR count). The van der Waals surface area contributed by atoms with Crippen LogP contribution >= 0.6 is 23.6 Å². The number of nitrogens with one attached hydrogen (secondary N) is 1. The maximum absolute atomic E-state index is 13.7. The Labute approximate surface area is 211 Å². The molecule has 0 saturated heterocycles. The molecule has 1 fully saturated rings. The van der Waals surface area contributed by atoms with Crippen LogP contribution in [0.1, 0.15) is 76.0 Å². The number of rotatable bonds is 11. The van der Waals surface area contributed by atoms with Crippen LogP contribution in [0.3, 0.4) is 0 Å². The molecule has 1 atom stereocenters. The highest BCUT2D eigenvalue weighted by atomic mass is 35.5. The molecule has 2 N–H and O–H groups in total. The van der Waals surface area contributed by atoms with Gasteiger partial charge in [0.05, 0.1) is 12.0 Å². The van der Waals surface area contributed by atoms with Crippen LogP contribution in [0.25, 0.3) is 0 Å². The number of carbonyl (C=O) groups is 2. The quantitative estimate of drug-likeness (QED) is 0.305. The van der Waals surface area contributed by atoms with E-state index in [-0.39, 0.29) is 5.91 Å². The van der Waals surface area contributed by atoms with Crippen molar-refractivity contribution in [2.75, 3.05) is 5.32 Å². The first-order valence-corrected chi connectivity index (χ1v) is 13.3. The molecule has 34 heavy (non-hydrogen) atoms. The Bertz CT molecular complexity index is 955. The summed E-state index contributed by atoms with van der Waals surface area (Å²) in [6.07, 6.45) is 8.03. The number of para-hydroxylation sites is 1. The highest BCUT2D eigenvalue weighted by molar-refractivity contribution is 7.96. The molecule has 1 amide bonds. The van der Waals surface area contributed by atoms with Gasteiger partial charge in [0.2, 0.25) is 5.91 Å². The lowest BCUT2D eigenvalue weighted by molar-refractivity contribution is -0.136. The van der Waals surface area contributed by atoms with Crippen LogP contribution in [0.5, 0.6) is 5.75 Å². The van der Waals surface area contributed by atoms with Gasteiger partial charge >= 0.3 is 5.97 Å². The zero-order chi connectivity index (χ0) is 24.6. The van der Waals surface area contributed by atoms with Gasteiger partial charge in [0, 0.05) is 21.7 Å². The minimum Gasteiger partial charge on any atom is -0.480 e. The fourth-order valence-corrected chi connectivity index (χ4v) is 5.63. The van der Waals surface area contributed by atoms with Crippen molar-refractivity contribution < 1.29 is 18.9 Å². The number of amides is 1. The highest BCUT2D eigenvalue weighted by Gasteiger charge is 2.41. The van der Waals surface area contributed by atoms with Crippen LogP contribution in [0, 0.1) is 11.3 Å². The standard InChI is InChI=1S/C27H34ClNO4S/c1-3-19(4-2)18-27(16-8-5-9-17-27)26(32)29-23-11-7-6-10-22(23)24(25(30)31)34-33-21-14-12-20(28)13-15-21/h6-7,10-15,19,24H,3-5,8-9,16-18H2,1-2H3,(H,29,32)(H,30,31)/t24-/m0/s1.